The van der Waals surface area contributed by atoms with Crippen LogP contribution in [0, 0.1) is 6.92 Å². The van der Waals surface area contributed by atoms with Crippen molar-refractivity contribution in [3.8, 4) is 23.0 Å². The smallest absolute Gasteiger partial charge is 0.264 e. The van der Waals surface area contributed by atoms with E-state index in [0.29, 0.717) is 33.0 Å². The summed E-state index contributed by atoms with van der Waals surface area (Å²) in [5.41, 5.74) is 4.25. The molecule has 10 nitrogen and oxygen atoms in total. The van der Waals surface area contributed by atoms with Crippen molar-refractivity contribution in [3.63, 3.8) is 0 Å². The van der Waals surface area contributed by atoms with Crippen LogP contribution in [0.3, 0.4) is 0 Å². The number of nitrogens with one attached hydrogen (secondary N) is 1. The van der Waals surface area contributed by atoms with E-state index in [0.717, 1.165) is 9.87 Å². The minimum Gasteiger partial charge on any atom is -0.493 e. The van der Waals surface area contributed by atoms with Gasteiger partial charge in [-0.2, -0.15) is 5.10 Å². The van der Waals surface area contributed by atoms with Gasteiger partial charge < -0.3 is 18.9 Å². The van der Waals surface area contributed by atoms with Crippen LogP contribution in [0.25, 0.3) is 0 Å². The number of methoxy groups -OCH3 is 4. The quantitative estimate of drug-likeness (QED) is 0.258. The van der Waals surface area contributed by atoms with Gasteiger partial charge in [0.15, 0.2) is 23.0 Å². The number of amides is 1. The van der Waals surface area contributed by atoms with Crippen molar-refractivity contribution in [2.24, 2.45) is 5.10 Å². The van der Waals surface area contributed by atoms with Gasteiger partial charge in [0.2, 0.25) is 0 Å². The van der Waals surface area contributed by atoms with Crippen LogP contribution in [0.5, 0.6) is 23.0 Å². The first-order valence-corrected chi connectivity index (χ1v) is 13.4. The SMILES string of the molecule is COc1ccc(S(=O)(=O)N(CC(=O)N/N=C\c2cc(Br)c(OC)c(OC)c2)c2ccc(C)cc2)cc1OC. The van der Waals surface area contributed by atoms with Crippen LogP contribution in [0.4, 0.5) is 5.69 Å². The lowest BCUT2D eigenvalue weighted by Gasteiger charge is -2.24. The summed E-state index contributed by atoms with van der Waals surface area (Å²) in [6.45, 7) is 1.36. The molecule has 0 aliphatic carbocycles. The van der Waals surface area contributed by atoms with Gasteiger partial charge in [0.25, 0.3) is 15.9 Å². The molecule has 0 aromatic heterocycles. The molecule has 0 radical (unpaired) electrons. The standard InChI is InChI=1S/C26H28BrN3O7S/c1-17-6-8-19(9-7-17)30(38(32,33)20-10-11-22(34-2)23(14-20)35-3)16-25(31)29-28-15-18-12-21(27)26(37-5)24(13-18)36-4/h6-15H,16H2,1-5H3,(H,29,31)/b28-15-. The van der Waals surface area contributed by atoms with Crippen LogP contribution in [-0.2, 0) is 14.8 Å². The molecule has 0 saturated heterocycles. The van der Waals surface area contributed by atoms with Crippen molar-refractivity contribution in [2.75, 3.05) is 39.3 Å². The second-order valence-corrected chi connectivity index (χ2v) is 10.6. The summed E-state index contributed by atoms with van der Waals surface area (Å²) in [5.74, 6) is 0.962. The average molecular weight is 606 g/mol. The lowest BCUT2D eigenvalue weighted by Crippen LogP contribution is -2.39. The summed E-state index contributed by atoms with van der Waals surface area (Å²) in [4.78, 5) is 12.8. The number of sulfonamides is 1. The van der Waals surface area contributed by atoms with Gasteiger partial charge in [-0.25, -0.2) is 13.8 Å². The number of hydrazone groups is 1. The Morgan fingerprint density at radius 3 is 2.18 bits per heavy atom. The van der Waals surface area contributed by atoms with Gasteiger partial charge >= 0.3 is 0 Å². The maximum absolute atomic E-state index is 13.7. The van der Waals surface area contributed by atoms with E-state index in [-0.39, 0.29) is 10.6 Å². The molecule has 202 valence electrons. The van der Waals surface area contributed by atoms with Crippen molar-refractivity contribution in [2.45, 2.75) is 11.8 Å². The molecular weight excluding hydrogens is 578 g/mol. The van der Waals surface area contributed by atoms with Gasteiger partial charge in [-0.3, -0.25) is 9.10 Å². The molecule has 0 aliphatic rings. The Bertz CT molecular complexity index is 1430. The van der Waals surface area contributed by atoms with Crippen molar-refractivity contribution in [3.05, 3.63) is 70.2 Å². The summed E-state index contributed by atoms with van der Waals surface area (Å²) in [5, 5.41) is 3.98. The zero-order valence-corrected chi connectivity index (χ0v) is 23.9. The third kappa shape index (κ3) is 6.56. The zero-order chi connectivity index (χ0) is 27.9. The van der Waals surface area contributed by atoms with Crippen LogP contribution >= 0.6 is 15.9 Å². The monoisotopic (exact) mass is 605 g/mol. The van der Waals surface area contributed by atoms with E-state index in [9.17, 15) is 13.2 Å². The Balaban J connectivity index is 1.88. The minimum absolute atomic E-state index is 0.0674. The molecule has 3 aromatic rings. The molecule has 3 aromatic carbocycles. The van der Waals surface area contributed by atoms with Gasteiger partial charge in [0.05, 0.1) is 49.7 Å². The third-order valence-electron chi connectivity index (χ3n) is 5.41. The van der Waals surface area contributed by atoms with Crippen LogP contribution < -0.4 is 28.7 Å². The molecule has 1 N–H and O–H groups in total. The Labute approximate surface area is 230 Å². The maximum atomic E-state index is 13.7. The molecule has 3 rings (SSSR count). The Morgan fingerprint density at radius 2 is 1.58 bits per heavy atom. The molecule has 0 aliphatic heterocycles. The molecule has 0 heterocycles. The fraction of sp³-hybridized carbons (Fsp3) is 0.231. The molecule has 0 spiro atoms. The maximum Gasteiger partial charge on any atom is 0.264 e. The minimum atomic E-state index is -4.17. The number of carbonyl (C=O) groups is 1. The van der Waals surface area contributed by atoms with Crippen molar-refractivity contribution in [1.29, 1.82) is 0 Å². The molecule has 0 unspecified atom stereocenters. The highest BCUT2D eigenvalue weighted by Crippen LogP contribution is 2.36. The van der Waals surface area contributed by atoms with E-state index in [1.165, 1.54) is 52.9 Å². The first-order chi connectivity index (χ1) is 18.1. The number of carbonyl (C=O) groups excluding carboxylic acids is 1. The van der Waals surface area contributed by atoms with Crippen LogP contribution in [0.1, 0.15) is 11.1 Å². The van der Waals surface area contributed by atoms with E-state index in [4.69, 9.17) is 18.9 Å². The number of benzene rings is 3. The summed E-state index contributed by atoms with van der Waals surface area (Å²) in [7, 11) is 1.72. The number of hydrogen-bond acceptors (Lipinski definition) is 8. The highest BCUT2D eigenvalue weighted by atomic mass is 79.9. The predicted octanol–water partition coefficient (Wildman–Crippen LogP) is 4.14. The lowest BCUT2D eigenvalue weighted by molar-refractivity contribution is -0.119. The first-order valence-electron chi connectivity index (χ1n) is 11.2. The van der Waals surface area contributed by atoms with Crippen molar-refractivity contribution in [1.82, 2.24) is 5.43 Å². The Hall–Kier alpha value is -3.77. The molecule has 0 bridgehead atoms. The summed E-state index contributed by atoms with van der Waals surface area (Å²) >= 11 is 3.40. The molecule has 1 amide bonds. The van der Waals surface area contributed by atoms with E-state index in [1.807, 2.05) is 6.92 Å². The van der Waals surface area contributed by atoms with Gasteiger partial charge in [0, 0.05) is 6.07 Å². The summed E-state index contributed by atoms with van der Waals surface area (Å²) in [6.07, 6.45) is 1.41. The van der Waals surface area contributed by atoms with Crippen molar-refractivity contribution >= 4 is 43.8 Å². The number of anilines is 1. The Kier molecular flexibility index (Phi) is 9.59. The van der Waals surface area contributed by atoms with Gasteiger partial charge in [0.1, 0.15) is 6.54 Å². The van der Waals surface area contributed by atoms with E-state index >= 15 is 0 Å². The second-order valence-electron chi connectivity index (χ2n) is 7.90. The van der Waals surface area contributed by atoms with E-state index in [1.54, 1.807) is 36.4 Å². The van der Waals surface area contributed by atoms with Gasteiger partial charge in [-0.15, -0.1) is 0 Å². The number of rotatable bonds is 11. The van der Waals surface area contributed by atoms with E-state index < -0.39 is 22.5 Å². The highest BCUT2D eigenvalue weighted by molar-refractivity contribution is 9.10. The largest absolute Gasteiger partial charge is 0.493 e. The number of aryl methyl sites for hydroxylation is 1. The molecular formula is C26H28BrN3O7S. The Morgan fingerprint density at radius 1 is 0.921 bits per heavy atom. The van der Waals surface area contributed by atoms with Crippen molar-refractivity contribution < 1.29 is 32.2 Å². The highest BCUT2D eigenvalue weighted by Gasteiger charge is 2.28. The topological polar surface area (TPSA) is 116 Å². The van der Waals surface area contributed by atoms with Crippen LogP contribution in [0.2, 0.25) is 0 Å². The number of hydrogen-bond donors (Lipinski definition) is 1. The predicted molar refractivity (Wildman–Crippen MR) is 148 cm³/mol. The van der Waals surface area contributed by atoms with E-state index in [2.05, 4.69) is 26.5 Å². The number of halogens is 1. The first kappa shape index (κ1) is 28.8. The lowest BCUT2D eigenvalue weighted by atomic mass is 10.2. The fourth-order valence-corrected chi connectivity index (χ4v) is 5.55. The summed E-state index contributed by atoms with van der Waals surface area (Å²) in [6, 6.07) is 14.4. The molecule has 0 atom stereocenters. The van der Waals surface area contributed by atoms with Crippen LogP contribution in [-0.4, -0.2) is 55.5 Å². The summed E-state index contributed by atoms with van der Waals surface area (Å²) < 4.78 is 50.0. The van der Waals surface area contributed by atoms with Gasteiger partial charge in [-0.1, -0.05) is 17.7 Å². The molecule has 0 saturated carbocycles. The second kappa shape index (κ2) is 12.7. The number of ether oxygens (including phenoxy) is 4. The molecule has 12 heteroatoms. The third-order valence-corrected chi connectivity index (χ3v) is 7.77. The van der Waals surface area contributed by atoms with Gasteiger partial charge in [-0.05, 0) is 64.8 Å². The zero-order valence-electron chi connectivity index (χ0n) is 21.5. The van der Waals surface area contributed by atoms with Crippen LogP contribution in [0.15, 0.2) is 69.1 Å². The number of nitrogens with zero attached hydrogens (tertiary/aromatic N) is 2. The molecule has 38 heavy (non-hydrogen) atoms. The average Bonchev–Trinajstić information content (AvgIpc) is 2.91. The molecule has 0 fully saturated rings. The normalized spacial score (nSPS) is 11.2. The fourth-order valence-electron chi connectivity index (χ4n) is 3.49.